The number of hydrogen-bond donors (Lipinski definition) is 1. The molecule has 2 aromatic carbocycles. The minimum absolute atomic E-state index is 0.0402. The standard InChI is InChI=1S/C22H25NO3/c24-20(16-8-3-1-4-9-16)14-18-12-7-13-21-19(15-23(18)26-21)22(25)17-10-5-2-6-11-17/h1-6,8-11,18-21,24H,7,12-15H2/t18-,19+,20-,21+/m0/s1. The molecule has 136 valence electrons. The lowest BCUT2D eigenvalue weighted by Crippen LogP contribution is -2.35. The number of Topliss-reactive ketones (excluding diaryl/α,β-unsaturated/α-hetero) is 1. The SMILES string of the molecule is O=C(c1ccccc1)[C@@H]1CN2O[C@@H]1CCC[C@H]2C[C@H](O)c1ccccc1. The first-order valence-corrected chi connectivity index (χ1v) is 9.48. The quantitative estimate of drug-likeness (QED) is 0.833. The Morgan fingerprint density at radius 1 is 1.08 bits per heavy atom. The summed E-state index contributed by atoms with van der Waals surface area (Å²) in [6.07, 6.45) is 2.99. The van der Waals surface area contributed by atoms with Crippen molar-refractivity contribution in [2.24, 2.45) is 5.92 Å². The molecule has 4 rings (SSSR count). The van der Waals surface area contributed by atoms with E-state index in [0.29, 0.717) is 13.0 Å². The number of carbonyl (C=O) groups is 1. The maximum atomic E-state index is 12.9. The van der Waals surface area contributed by atoms with Crippen LogP contribution in [0.15, 0.2) is 60.7 Å². The van der Waals surface area contributed by atoms with Crippen molar-refractivity contribution >= 4 is 5.78 Å². The molecule has 5 atom stereocenters. The Bertz CT molecular complexity index is 734. The fraction of sp³-hybridized carbons (Fsp3) is 0.409. The van der Waals surface area contributed by atoms with Gasteiger partial charge in [-0.15, -0.1) is 0 Å². The molecule has 26 heavy (non-hydrogen) atoms. The van der Waals surface area contributed by atoms with Crippen molar-refractivity contribution < 1.29 is 14.7 Å². The van der Waals surface area contributed by atoms with Gasteiger partial charge in [-0.1, -0.05) is 60.7 Å². The second kappa shape index (κ2) is 7.70. The Morgan fingerprint density at radius 3 is 2.50 bits per heavy atom. The normalized spacial score (nSPS) is 29.1. The molecule has 0 spiro atoms. The van der Waals surface area contributed by atoms with Crippen LogP contribution in [0.3, 0.4) is 0 Å². The van der Waals surface area contributed by atoms with Gasteiger partial charge in [0.1, 0.15) is 0 Å². The van der Waals surface area contributed by atoms with E-state index >= 15 is 0 Å². The molecule has 4 nitrogen and oxygen atoms in total. The number of ketones is 1. The van der Waals surface area contributed by atoms with Crippen molar-refractivity contribution in [1.82, 2.24) is 5.06 Å². The second-order valence-corrected chi connectivity index (χ2v) is 7.33. The number of rotatable bonds is 5. The molecule has 0 aliphatic carbocycles. The predicted molar refractivity (Wildman–Crippen MR) is 99.5 cm³/mol. The van der Waals surface area contributed by atoms with E-state index in [2.05, 4.69) is 0 Å². The second-order valence-electron chi connectivity index (χ2n) is 7.33. The third-order valence-electron chi connectivity index (χ3n) is 5.60. The number of fused-ring (bicyclic) bond motifs is 2. The van der Waals surface area contributed by atoms with Crippen LogP contribution in [-0.2, 0) is 4.84 Å². The molecule has 0 amide bonds. The van der Waals surface area contributed by atoms with Crippen LogP contribution in [0, 0.1) is 5.92 Å². The number of carbonyl (C=O) groups excluding carboxylic acids is 1. The molecular formula is C22H25NO3. The summed E-state index contributed by atoms with van der Waals surface area (Å²) in [4.78, 5) is 19.0. The van der Waals surface area contributed by atoms with Gasteiger partial charge in [0, 0.05) is 18.2 Å². The summed E-state index contributed by atoms with van der Waals surface area (Å²) in [5.41, 5.74) is 1.69. The molecule has 0 saturated carbocycles. The number of nitrogens with zero attached hydrogens (tertiary/aromatic N) is 1. The molecule has 0 aromatic heterocycles. The fourth-order valence-corrected chi connectivity index (χ4v) is 4.16. The molecule has 4 heteroatoms. The van der Waals surface area contributed by atoms with Gasteiger partial charge in [-0.25, -0.2) is 0 Å². The maximum absolute atomic E-state index is 12.9. The molecule has 2 aromatic rings. The van der Waals surface area contributed by atoms with E-state index in [1.165, 1.54) is 0 Å². The van der Waals surface area contributed by atoms with E-state index in [9.17, 15) is 9.90 Å². The van der Waals surface area contributed by atoms with Gasteiger partial charge in [-0.05, 0) is 31.2 Å². The van der Waals surface area contributed by atoms with Crippen LogP contribution in [0.4, 0.5) is 0 Å². The lowest BCUT2D eigenvalue weighted by atomic mass is 9.87. The fourth-order valence-electron chi connectivity index (χ4n) is 4.16. The number of hydrogen-bond acceptors (Lipinski definition) is 4. The number of hydroxylamine groups is 2. The Kier molecular flexibility index (Phi) is 5.16. The van der Waals surface area contributed by atoms with Crippen molar-refractivity contribution in [2.75, 3.05) is 6.54 Å². The average Bonchev–Trinajstić information content (AvgIpc) is 3.01. The summed E-state index contributed by atoms with van der Waals surface area (Å²) in [6, 6.07) is 19.4. The highest BCUT2D eigenvalue weighted by Gasteiger charge is 2.43. The summed E-state index contributed by atoms with van der Waals surface area (Å²) in [7, 11) is 0. The lowest BCUT2D eigenvalue weighted by Gasteiger charge is -2.27. The largest absolute Gasteiger partial charge is 0.388 e. The Hall–Kier alpha value is -2.01. The van der Waals surface area contributed by atoms with Crippen molar-refractivity contribution in [3.63, 3.8) is 0 Å². The van der Waals surface area contributed by atoms with Crippen LogP contribution < -0.4 is 0 Å². The molecule has 2 heterocycles. The maximum Gasteiger partial charge on any atom is 0.169 e. The number of benzene rings is 2. The minimum Gasteiger partial charge on any atom is -0.388 e. The van der Waals surface area contributed by atoms with Crippen LogP contribution in [-0.4, -0.2) is 34.6 Å². The summed E-state index contributed by atoms with van der Waals surface area (Å²) >= 11 is 0. The molecule has 2 aliphatic heterocycles. The Labute approximate surface area is 154 Å². The zero-order chi connectivity index (χ0) is 17.9. The van der Waals surface area contributed by atoms with E-state index in [0.717, 1.165) is 30.4 Å². The van der Waals surface area contributed by atoms with E-state index in [-0.39, 0.29) is 23.8 Å². The smallest absolute Gasteiger partial charge is 0.169 e. The molecule has 1 N–H and O–H groups in total. The van der Waals surface area contributed by atoms with Gasteiger partial charge in [0.15, 0.2) is 5.78 Å². The van der Waals surface area contributed by atoms with Crippen LogP contribution >= 0.6 is 0 Å². The number of aliphatic hydroxyl groups excluding tert-OH is 1. The topological polar surface area (TPSA) is 49.8 Å². The van der Waals surface area contributed by atoms with Crippen LogP contribution in [0.1, 0.15) is 47.7 Å². The first-order valence-electron chi connectivity index (χ1n) is 9.48. The third-order valence-corrected chi connectivity index (χ3v) is 5.60. The molecule has 0 radical (unpaired) electrons. The van der Waals surface area contributed by atoms with Crippen LogP contribution in [0.5, 0.6) is 0 Å². The first-order chi connectivity index (χ1) is 12.7. The van der Waals surface area contributed by atoms with Gasteiger partial charge in [-0.3, -0.25) is 9.63 Å². The summed E-state index contributed by atoms with van der Waals surface area (Å²) < 4.78 is 0. The van der Waals surface area contributed by atoms with E-state index in [1.54, 1.807) is 0 Å². The van der Waals surface area contributed by atoms with E-state index < -0.39 is 6.10 Å². The molecule has 2 bridgehead atoms. The highest BCUT2D eigenvalue weighted by molar-refractivity contribution is 5.98. The Balaban J connectivity index is 1.45. The molecule has 2 saturated heterocycles. The molecule has 2 aliphatic rings. The van der Waals surface area contributed by atoms with Gasteiger partial charge >= 0.3 is 0 Å². The lowest BCUT2D eigenvalue weighted by molar-refractivity contribution is -0.170. The molecular weight excluding hydrogens is 326 g/mol. The third kappa shape index (κ3) is 3.58. The summed E-state index contributed by atoms with van der Waals surface area (Å²) in [5, 5.41) is 12.6. The summed E-state index contributed by atoms with van der Waals surface area (Å²) in [5.74, 6) is 0.0522. The zero-order valence-electron chi connectivity index (χ0n) is 14.8. The van der Waals surface area contributed by atoms with Gasteiger partial charge in [0.25, 0.3) is 0 Å². The highest BCUT2D eigenvalue weighted by Crippen LogP contribution is 2.36. The van der Waals surface area contributed by atoms with Gasteiger partial charge in [0.2, 0.25) is 0 Å². The van der Waals surface area contributed by atoms with Gasteiger partial charge in [0.05, 0.1) is 18.1 Å². The van der Waals surface area contributed by atoms with Crippen molar-refractivity contribution in [1.29, 1.82) is 0 Å². The first kappa shape index (κ1) is 17.4. The monoisotopic (exact) mass is 351 g/mol. The molecule has 2 fully saturated rings. The minimum atomic E-state index is -0.509. The van der Waals surface area contributed by atoms with E-state index in [4.69, 9.17) is 4.84 Å². The zero-order valence-corrected chi connectivity index (χ0v) is 14.8. The van der Waals surface area contributed by atoms with Gasteiger partial charge < -0.3 is 5.11 Å². The summed E-state index contributed by atoms with van der Waals surface area (Å²) in [6.45, 7) is 0.616. The number of aliphatic hydroxyl groups is 1. The van der Waals surface area contributed by atoms with Crippen molar-refractivity contribution in [2.45, 2.75) is 43.9 Å². The van der Waals surface area contributed by atoms with Crippen LogP contribution in [0.25, 0.3) is 0 Å². The van der Waals surface area contributed by atoms with Crippen molar-refractivity contribution in [3.8, 4) is 0 Å². The highest BCUT2D eigenvalue weighted by atomic mass is 16.7. The van der Waals surface area contributed by atoms with Crippen LogP contribution in [0.2, 0.25) is 0 Å². The van der Waals surface area contributed by atoms with Crippen molar-refractivity contribution in [3.05, 3.63) is 71.8 Å². The van der Waals surface area contributed by atoms with Gasteiger partial charge in [-0.2, -0.15) is 5.06 Å². The average molecular weight is 351 g/mol. The Morgan fingerprint density at radius 2 is 1.77 bits per heavy atom. The molecule has 1 unspecified atom stereocenters. The van der Waals surface area contributed by atoms with E-state index in [1.807, 2.05) is 65.7 Å². The predicted octanol–water partition coefficient (Wildman–Crippen LogP) is 3.78.